The van der Waals surface area contributed by atoms with E-state index in [4.69, 9.17) is 32.8 Å². The summed E-state index contributed by atoms with van der Waals surface area (Å²) in [6.07, 6.45) is 0.894. The fourth-order valence-electron chi connectivity index (χ4n) is 2.07. The second-order valence-corrected chi connectivity index (χ2v) is 7.05. The van der Waals surface area contributed by atoms with Gasteiger partial charge in [0.05, 0.1) is 17.0 Å². The van der Waals surface area contributed by atoms with Crippen LogP contribution in [0.25, 0.3) is 0 Å². The normalized spacial score (nSPS) is 11.8. The maximum Gasteiger partial charge on any atom is 0.139 e. The Hall–Kier alpha value is -1.27. The van der Waals surface area contributed by atoms with Crippen molar-refractivity contribution in [3.05, 3.63) is 50.1 Å². The van der Waals surface area contributed by atoms with Gasteiger partial charge < -0.3 is 14.5 Å². The van der Waals surface area contributed by atoms with E-state index >= 15 is 0 Å². The van der Waals surface area contributed by atoms with Gasteiger partial charge in [-0.15, -0.1) is 11.3 Å². The van der Waals surface area contributed by atoms with Crippen LogP contribution in [0.4, 0.5) is 0 Å². The molecule has 0 saturated carbocycles. The maximum atomic E-state index is 6.42. The molecule has 0 aliphatic carbocycles. The first-order chi connectivity index (χ1) is 11.5. The smallest absolute Gasteiger partial charge is 0.139 e. The van der Waals surface area contributed by atoms with Crippen LogP contribution in [0.2, 0.25) is 10.0 Å². The molecule has 0 N–H and O–H groups in total. The minimum atomic E-state index is 0.369. The molecule has 0 aliphatic rings. The molecule has 0 aliphatic heterocycles. The molecule has 0 radical (unpaired) electrons. The topological polar surface area (TPSA) is 34.1 Å². The third-order valence-electron chi connectivity index (χ3n) is 3.27. The van der Waals surface area contributed by atoms with Crippen molar-refractivity contribution >= 4 is 40.3 Å². The molecule has 0 unspecified atom stereocenters. The summed E-state index contributed by atoms with van der Waals surface area (Å²) in [5, 5.41) is 7.07. The minimum Gasteiger partial charge on any atom is -0.495 e. The largest absolute Gasteiger partial charge is 0.495 e. The number of thiophene rings is 1. The third kappa shape index (κ3) is 4.86. The van der Waals surface area contributed by atoms with Crippen molar-refractivity contribution in [1.82, 2.24) is 4.90 Å². The van der Waals surface area contributed by atoms with Crippen LogP contribution in [-0.2, 0) is 4.84 Å². The van der Waals surface area contributed by atoms with Crippen molar-refractivity contribution in [2.45, 2.75) is 6.42 Å². The standard InChI is InChI=1S/C17H20Cl2N2O2S/c1-21(2)9-5-10-23-20-17(14-6-4-11-24-14)12-7-8-13(22-3)16(19)15(12)18/h4,6-8,11H,5,9-10H2,1-3H3. The molecule has 130 valence electrons. The number of oxime groups is 1. The summed E-state index contributed by atoms with van der Waals surface area (Å²) in [6, 6.07) is 7.55. The fraction of sp³-hybridized carbons (Fsp3) is 0.353. The van der Waals surface area contributed by atoms with E-state index in [0.29, 0.717) is 28.1 Å². The summed E-state index contributed by atoms with van der Waals surface area (Å²) in [5.74, 6) is 0.530. The van der Waals surface area contributed by atoms with Crippen LogP contribution >= 0.6 is 34.5 Å². The lowest BCUT2D eigenvalue weighted by atomic mass is 10.1. The van der Waals surface area contributed by atoms with Gasteiger partial charge in [-0.1, -0.05) is 34.4 Å². The van der Waals surface area contributed by atoms with Crippen LogP contribution in [0.3, 0.4) is 0 Å². The molecular weight excluding hydrogens is 367 g/mol. The first-order valence-corrected chi connectivity index (χ1v) is 9.09. The Balaban J connectivity index is 2.26. The first-order valence-electron chi connectivity index (χ1n) is 7.45. The molecule has 0 atom stereocenters. The van der Waals surface area contributed by atoms with Crippen molar-refractivity contribution < 1.29 is 9.57 Å². The molecule has 4 nitrogen and oxygen atoms in total. The average Bonchev–Trinajstić information content (AvgIpc) is 3.08. The van der Waals surface area contributed by atoms with E-state index in [2.05, 4.69) is 10.1 Å². The van der Waals surface area contributed by atoms with Crippen LogP contribution in [0.5, 0.6) is 5.75 Å². The van der Waals surface area contributed by atoms with E-state index in [1.54, 1.807) is 24.5 Å². The van der Waals surface area contributed by atoms with Gasteiger partial charge in [-0.25, -0.2) is 0 Å². The summed E-state index contributed by atoms with van der Waals surface area (Å²) < 4.78 is 5.20. The Morgan fingerprint density at radius 3 is 2.62 bits per heavy atom. The number of halogens is 2. The number of nitrogens with zero attached hydrogens (tertiary/aromatic N) is 2. The van der Waals surface area contributed by atoms with Gasteiger partial charge >= 0.3 is 0 Å². The van der Waals surface area contributed by atoms with E-state index in [9.17, 15) is 0 Å². The Bertz CT molecular complexity index is 688. The van der Waals surface area contributed by atoms with Crippen LogP contribution < -0.4 is 4.74 Å². The second kappa shape index (κ2) is 9.28. The van der Waals surface area contributed by atoms with Crippen molar-refractivity contribution in [3.63, 3.8) is 0 Å². The number of benzene rings is 1. The minimum absolute atomic E-state index is 0.369. The van der Waals surface area contributed by atoms with Gasteiger partial charge in [0.1, 0.15) is 23.1 Å². The van der Waals surface area contributed by atoms with Gasteiger partial charge in [0, 0.05) is 12.1 Å². The second-order valence-electron chi connectivity index (χ2n) is 5.35. The molecule has 1 aromatic carbocycles. The molecule has 1 aromatic heterocycles. The number of hydrogen-bond acceptors (Lipinski definition) is 5. The summed E-state index contributed by atoms with van der Waals surface area (Å²) >= 11 is 14.3. The number of rotatable bonds is 8. The van der Waals surface area contributed by atoms with Crippen molar-refractivity contribution in [2.75, 3.05) is 34.4 Å². The van der Waals surface area contributed by atoms with Gasteiger partial charge in [-0.3, -0.25) is 0 Å². The molecular formula is C17H20Cl2N2O2S. The quantitative estimate of drug-likeness (QED) is 0.371. The third-order valence-corrected chi connectivity index (χ3v) is 5.01. The molecule has 0 saturated heterocycles. The SMILES string of the molecule is COc1ccc(C(=NOCCCN(C)C)c2cccs2)c(Cl)c1Cl. The Morgan fingerprint density at radius 2 is 2.00 bits per heavy atom. The zero-order valence-electron chi connectivity index (χ0n) is 13.9. The highest BCUT2D eigenvalue weighted by Crippen LogP contribution is 2.36. The molecule has 0 amide bonds. The molecule has 2 rings (SSSR count). The van der Waals surface area contributed by atoms with Gasteiger partial charge in [-0.2, -0.15) is 0 Å². The van der Waals surface area contributed by atoms with E-state index in [1.807, 2.05) is 37.7 Å². The van der Waals surface area contributed by atoms with Crippen LogP contribution in [0.1, 0.15) is 16.9 Å². The molecule has 24 heavy (non-hydrogen) atoms. The highest BCUT2D eigenvalue weighted by Gasteiger charge is 2.17. The molecule has 0 fully saturated rings. The lowest BCUT2D eigenvalue weighted by Crippen LogP contribution is -2.14. The molecule has 7 heteroatoms. The number of hydrogen-bond donors (Lipinski definition) is 0. The zero-order chi connectivity index (χ0) is 17.5. The summed E-state index contributed by atoms with van der Waals surface area (Å²) in [5.41, 5.74) is 1.39. The summed E-state index contributed by atoms with van der Waals surface area (Å²) in [7, 11) is 5.61. The highest BCUT2D eigenvalue weighted by molar-refractivity contribution is 7.12. The van der Waals surface area contributed by atoms with Crippen LogP contribution in [0.15, 0.2) is 34.8 Å². The van der Waals surface area contributed by atoms with Crippen LogP contribution in [0, 0.1) is 0 Å². The Morgan fingerprint density at radius 1 is 1.21 bits per heavy atom. The summed E-state index contributed by atoms with van der Waals surface area (Å²) in [6.45, 7) is 1.48. The Labute approximate surface area is 156 Å². The number of ether oxygens (including phenoxy) is 1. The van der Waals surface area contributed by atoms with Gasteiger partial charge in [-0.05, 0) is 44.1 Å². The molecule has 1 heterocycles. The average molecular weight is 387 g/mol. The summed E-state index contributed by atoms with van der Waals surface area (Å²) in [4.78, 5) is 8.58. The predicted octanol–water partition coefficient (Wildman–Crippen LogP) is 4.78. The predicted molar refractivity (Wildman–Crippen MR) is 102 cm³/mol. The Kier molecular flexibility index (Phi) is 7.37. The highest BCUT2D eigenvalue weighted by atomic mass is 35.5. The molecule has 2 aromatic rings. The van der Waals surface area contributed by atoms with E-state index in [0.717, 1.165) is 23.4 Å². The van der Waals surface area contributed by atoms with Crippen molar-refractivity contribution in [1.29, 1.82) is 0 Å². The zero-order valence-corrected chi connectivity index (χ0v) is 16.2. The van der Waals surface area contributed by atoms with Gasteiger partial charge in [0.2, 0.25) is 0 Å². The van der Waals surface area contributed by atoms with E-state index < -0.39 is 0 Å². The fourth-order valence-corrected chi connectivity index (χ4v) is 3.28. The lowest BCUT2D eigenvalue weighted by Gasteiger charge is -2.12. The van der Waals surface area contributed by atoms with E-state index in [-0.39, 0.29) is 0 Å². The van der Waals surface area contributed by atoms with Gasteiger partial charge in [0.15, 0.2) is 0 Å². The first kappa shape index (κ1) is 19.1. The monoisotopic (exact) mass is 386 g/mol. The van der Waals surface area contributed by atoms with Crippen molar-refractivity contribution in [2.24, 2.45) is 5.16 Å². The number of methoxy groups -OCH3 is 1. The van der Waals surface area contributed by atoms with Crippen LogP contribution in [-0.4, -0.2) is 45.0 Å². The molecule has 0 bridgehead atoms. The molecule has 0 spiro atoms. The van der Waals surface area contributed by atoms with Crippen molar-refractivity contribution in [3.8, 4) is 5.75 Å². The van der Waals surface area contributed by atoms with E-state index in [1.165, 1.54) is 0 Å². The maximum absolute atomic E-state index is 6.42. The lowest BCUT2D eigenvalue weighted by molar-refractivity contribution is 0.135. The van der Waals surface area contributed by atoms with Gasteiger partial charge in [0.25, 0.3) is 0 Å².